The molecule has 5 nitrogen and oxygen atoms in total. The molecule has 0 amide bonds. The molecule has 0 bridgehead atoms. The predicted octanol–water partition coefficient (Wildman–Crippen LogP) is 3.46. The van der Waals surface area contributed by atoms with E-state index in [1.165, 1.54) is 7.11 Å². The van der Waals surface area contributed by atoms with Gasteiger partial charge in [-0.2, -0.15) is 0 Å². The van der Waals surface area contributed by atoms with Crippen molar-refractivity contribution in [2.24, 2.45) is 0 Å². The van der Waals surface area contributed by atoms with Crippen LogP contribution in [0.4, 0.5) is 0 Å². The van der Waals surface area contributed by atoms with E-state index in [1.54, 1.807) is 19.2 Å². The molecule has 0 saturated heterocycles. The molecule has 23 heavy (non-hydrogen) atoms. The molecule has 0 radical (unpaired) electrons. The number of methoxy groups -OCH3 is 2. The van der Waals surface area contributed by atoms with E-state index in [4.69, 9.17) is 13.9 Å². The zero-order chi connectivity index (χ0) is 17.8. The molecule has 0 aromatic heterocycles. The van der Waals surface area contributed by atoms with Gasteiger partial charge < -0.3 is 23.8 Å². The van der Waals surface area contributed by atoms with Gasteiger partial charge in [-0.25, -0.2) is 0 Å². The summed E-state index contributed by atoms with van der Waals surface area (Å²) in [5.41, 5.74) is 1.13. The molecule has 0 spiro atoms. The third kappa shape index (κ3) is 4.56. The van der Waals surface area contributed by atoms with Crippen molar-refractivity contribution < 1.29 is 23.8 Å². The lowest BCUT2D eigenvalue weighted by molar-refractivity contribution is -0.115. The van der Waals surface area contributed by atoms with Gasteiger partial charge >= 0.3 is 0 Å². The van der Waals surface area contributed by atoms with Gasteiger partial charge in [0, 0.05) is 11.6 Å². The van der Waals surface area contributed by atoms with Crippen LogP contribution in [-0.4, -0.2) is 33.9 Å². The first kappa shape index (κ1) is 19.7. The number of aliphatic hydroxyl groups excluding tert-OH is 1. The summed E-state index contributed by atoms with van der Waals surface area (Å²) in [5, 5.41) is 10.1. The maximum atomic E-state index is 11.1. The fraction of sp³-hybridized carbons (Fsp3) is 0.588. The summed E-state index contributed by atoms with van der Waals surface area (Å²) in [6, 6.07) is 3.43. The smallest absolute Gasteiger partial charge is 0.192 e. The quantitative estimate of drug-likeness (QED) is 0.608. The SMILES string of the molecule is COc1cc(CO[Si](C)(C)C(C)(C)C)c([C@@H](O)C=O)c(OC)c1. The van der Waals surface area contributed by atoms with Gasteiger partial charge in [0.15, 0.2) is 14.6 Å². The number of carbonyl (C=O) groups is 1. The molecule has 1 rings (SSSR count). The molecule has 0 heterocycles. The Morgan fingerprint density at radius 1 is 1.22 bits per heavy atom. The van der Waals surface area contributed by atoms with Crippen LogP contribution >= 0.6 is 0 Å². The second kappa shape index (κ2) is 7.46. The largest absolute Gasteiger partial charge is 0.497 e. The standard InChI is InChI=1S/C17H28O5Si/c1-17(2,3)23(6,7)22-11-12-8-13(20-4)9-15(21-5)16(12)14(19)10-18/h8-10,14,19H,11H2,1-7H3/t14-/m0/s1. The van der Waals surface area contributed by atoms with Crippen LogP contribution in [-0.2, 0) is 15.8 Å². The summed E-state index contributed by atoms with van der Waals surface area (Å²) in [6.45, 7) is 11.1. The first-order valence-corrected chi connectivity index (χ1v) is 10.5. The fourth-order valence-electron chi connectivity index (χ4n) is 1.94. The zero-order valence-corrected chi connectivity index (χ0v) is 16.1. The lowest BCUT2D eigenvalue weighted by atomic mass is 10.0. The molecule has 0 aliphatic heterocycles. The Labute approximate surface area is 139 Å². The van der Waals surface area contributed by atoms with Crippen LogP contribution < -0.4 is 9.47 Å². The molecule has 0 unspecified atom stereocenters. The minimum Gasteiger partial charge on any atom is -0.497 e. The van der Waals surface area contributed by atoms with E-state index in [0.29, 0.717) is 35.5 Å². The summed E-state index contributed by atoms with van der Waals surface area (Å²) in [4.78, 5) is 11.1. The van der Waals surface area contributed by atoms with Crippen LogP contribution in [0.15, 0.2) is 12.1 Å². The number of hydrogen-bond donors (Lipinski definition) is 1. The zero-order valence-electron chi connectivity index (χ0n) is 15.1. The number of carbonyl (C=O) groups excluding carboxylic acids is 1. The Balaban J connectivity index is 3.25. The monoisotopic (exact) mass is 340 g/mol. The Morgan fingerprint density at radius 3 is 2.26 bits per heavy atom. The van der Waals surface area contributed by atoms with Crippen LogP contribution in [0.5, 0.6) is 11.5 Å². The van der Waals surface area contributed by atoms with E-state index < -0.39 is 14.4 Å². The molecule has 6 heteroatoms. The summed E-state index contributed by atoms with van der Waals surface area (Å²) in [7, 11) is 1.09. The number of aliphatic hydroxyl groups is 1. The second-order valence-corrected chi connectivity index (χ2v) is 11.8. The number of benzene rings is 1. The first-order valence-electron chi connectivity index (χ1n) is 7.59. The molecule has 130 valence electrons. The molecule has 0 fully saturated rings. The predicted molar refractivity (Wildman–Crippen MR) is 92.6 cm³/mol. The van der Waals surface area contributed by atoms with Gasteiger partial charge in [0.1, 0.15) is 17.6 Å². The molecule has 1 aromatic carbocycles. The third-order valence-corrected chi connectivity index (χ3v) is 8.95. The molecule has 0 saturated carbocycles. The average Bonchev–Trinajstić information content (AvgIpc) is 2.49. The minimum absolute atomic E-state index is 0.0688. The van der Waals surface area contributed by atoms with Crippen molar-refractivity contribution in [3.8, 4) is 11.5 Å². The van der Waals surface area contributed by atoms with Crippen LogP contribution in [0.1, 0.15) is 38.0 Å². The van der Waals surface area contributed by atoms with Gasteiger partial charge in [0.05, 0.1) is 20.8 Å². The summed E-state index contributed by atoms with van der Waals surface area (Å²) >= 11 is 0. The van der Waals surface area contributed by atoms with Crippen LogP contribution in [0.3, 0.4) is 0 Å². The van der Waals surface area contributed by atoms with Crippen molar-refractivity contribution in [3.05, 3.63) is 23.3 Å². The first-order chi connectivity index (χ1) is 10.6. The Bertz CT molecular complexity index is 549. The highest BCUT2D eigenvalue weighted by Gasteiger charge is 2.37. The van der Waals surface area contributed by atoms with E-state index in [0.717, 1.165) is 0 Å². The van der Waals surface area contributed by atoms with Crippen molar-refractivity contribution in [3.63, 3.8) is 0 Å². The van der Waals surface area contributed by atoms with Gasteiger partial charge in [-0.1, -0.05) is 20.8 Å². The van der Waals surface area contributed by atoms with Crippen molar-refractivity contribution in [1.29, 1.82) is 0 Å². The molecule has 0 aliphatic rings. The second-order valence-electron chi connectivity index (χ2n) is 7.03. The lowest BCUT2D eigenvalue weighted by Crippen LogP contribution is -2.40. The summed E-state index contributed by atoms with van der Waals surface area (Å²) in [6.07, 6.45) is -0.769. The van der Waals surface area contributed by atoms with Crippen molar-refractivity contribution in [2.75, 3.05) is 14.2 Å². The molecule has 0 aliphatic carbocycles. The number of ether oxygens (including phenoxy) is 2. The molecule has 1 aromatic rings. The Hall–Kier alpha value is -1.37. The highest BCUT2D eigenvalue weighted by Crippen LogP contribution is 2.39. The van der Waals surface area contributed by atoms with Crippen molar-refractivity contribution >= 4 is 14.6 Å². The Morgan fingerprint density at radius 2 is 1.83 bits per heavy atom. The molecular formula is C17H28O5Si. The van der Waals surface area contributed by atoms with E-state index >= 15 is 0 Å². The maximum Gasteiger partial charge on any atom is 0.192 e. The van der Waals surface area contributed by atoms with E-state index in [1.807, 2.05) is 0 Å². The van der Waals surface area contributed by atoms with Gasteiger partial charge in [-0.05, 0) is 29.8 Å². The topological polar surface area (TPSA) is 65.0 Å². The van der Waals surface area contributed by atoms with Crippen molar-refractivity contribution in [2.45, 2.75) is 51.6 Å². The minimum atomic E-state index is -1.96. The molecular weight excluding hydrogens is 312 g/mol. The maximum absolute atomic E-state index is 11.1. The summed E-state index contributed by atoms with van der Waals surface area (Å²) in [5.74, 6) is 1.01. The Kier molecular flexibility index (Phi) is 6.38. The van der Waals surface area contributed by atoms with Crippen LogP contribution in [0.25, 0.3) is 0 Å². The van der Waals surface area contributed by atoms with Gasteiger partial charge in [0.2, 0.25) is 0 Å². The van der Waals surface area contributed by atoms with E-state index in [2.05, 4.69) is 33.9 Å². The van der Waals surface area contributed by atoms with Crippen LogP contribution in [0, 0.1) is 0 Å². The van der Waals surface area contributed by atoms with Crippen molar-refractivity contribution in [1.82, 2.24) is 0 Å². The van der Waals surface area contributed by atoms with E-state index in [-0.39, 0.29) is 5.04 Å². The fourth-order valence-corrected chi connectivity index (χ4v) is 2.89. The molecule has 1 atom stereocenters. The molecule has 1 N–H and O–H groups in total. The van der Waals surface area contributed by atoms with Gasteiger partial charge in [-0.15, -0.1) is 0 Å². The van der Waals surface area contributed by atoms with Crippen LogP contribution in [0.2, 0.25) is 18.1 Å². The van der Waals surface area contributed by atoms with Gasteiger partial charge in [0.25, 0.3) is 0 Å². The van der Waals surface area contributed by atoms with Gasteiger partial charge in [-0.3, -0.25) is 0 Å². The number of rotatable bonds is 7. The number of aldehydes is 1. The van der Waals surface area contributed by atoms with E-state index in [9.17, 15) is 9.90 Å². The highest BCUT2D eigenvalue weighted by molar-refractivity contribution is 6.74. The number of hydrogen-bond acceptors (Lipinski definition) is 5. The highest BCUT2D eigenvalue weighted by atomic mass is 28.4. The normalized spacial score (nSPS) is 13.6. The summed E-state index contributed by atoms with van der Waals surface area (Å²) < 4.78 is 16.8. The third-order valence-electron chi connectivity index (χ3n) is 4.48. The lowest BCUT2D eigenvalue weighted by Gasteiger charge is -2.36. The average molecular weight is 340 g/mol.